The summed E-state index contributed by atoms with van der Waals surface area (Å²) >= 11 is 0. The third kappa shape index (κ3) is 54.2. The van der Waals surface area contributed by atoms with Crippen LogP contribution in [-0.4, -0.2) is 69.4 Å². The second-order valence-electron chi connectivity index (χ2n) is 21.8. The van der Waals surface area contributed by atoms with Gasteiger partial charge in [0.15, 0.2) is 0 Å². The third-order valence-electron chi connectivity index (χ3n) is 13.4. The summed E-state index contributed by atoms with van der Waals surface area (Å²) in [6.07, 6.45) is 68.6. The molecule has 0 spiro atoms. The Morgan fingerprint density at radius 3 is 1.28 bits per heavy atom. The Kier molecular flexibility index (Phi) is 52.0. The number of hydrogen-bond donors (Lipinski definition) is 1. The molecule has 0 aromatic heterocycles. The van der Waals surface area contributed by atoms with Crippen LogP contribution in [0.1, 0.15) is 271 Å². The number of ether oxygens (including phenoxy) is 1. The minimum atomic E-state index is -4.71. The first-order valence-electron chi connectivity index (χ1n) is 30.7. The van der Waals surface area contributed by atoms with Gasteiger partial charge in [-0.2, -0.15) is 0 Å². The molecule has 1 amide bonds. The normalized spacial score (nSPS) is 14.2. The van der Waals surface area contributed by atoms with Crippen LogP contribution < -0.4 is 10.2 Å². The average molecular weight is 1060 g/mol. The van der Waals surface area contributed by atoms with Crippen LogP contribution in [0.4, 0.5) is 0 Å². The zero-order chi connectivity index (χ0) is 54.3. The Hall–Kier alpha value is -2.55. The van der Waals surface area contributed by atoms with Crippen LogP contribution in [-0.2, 0) is 27.9 Å². The standard InChI is InChI=1S/C64H117N2O7P/c1-7-10-13-16-19-22-25-28-30-31-32-33-34-35-36-38-41-44-47-50-53-56-63(67)65-61(60-72-74(69,70)71-59-58-66(4,5)6)62(55-52-49-46-43-40-37-27-24-21-18-15-12-9-3)73-64(68)57-54-51-48-45-42-39-29-26-23-20-17-14-11-8-2/h19,22,28,30,32-33,35-36,39,42,52,55,61-62H,7-18,20-21,23-27,29,31,34,37-38,40-41,43-51,53-54,56-60H2,1-6H3,(H-,65,67,69,70)/b22-19-,30-28-,33-32-,36-35-,42-39-,55-52-. The van der Waals surface area contributed by atoms with E-state index in [-0.39, 0.29) is 24.9 Å². The molecular weight excluding hydrogens is 940 g/mol. The van der Waals surface area contributed by atoms with Gasteiger partial charge in [-0.3, -0.25) is 14.2 Å². The first-order chi connectivity index (χ1) is 35.9. The van der Waals surface area contributed by atoms with E-state index < -0.39 is 26.6 Å². The molecule has 0 rings (SSSR count). The predicted octanol–water partition coefficient (Wildman–Crippen LogP) is 18.2. The van der Waals surface area contributed by atoms with Crippen molar-refractivity contribution in [2.75, 3.05) is 40.9 Å². The fraction of sp³-hybridized carbons (Fsp3) is 0.781. The summed E-state index contributed by atoms with van der Waals surface area (Å²) in [4.78, 5) is 39.9. The van der Waals surface area contributed by atoms with Gasteiger partial charge in [0, 0.05) is 12.8 Å². The number of phosphoric ester groups is 1. The van der Waals surface area contributed by atoms with Crippen molar-refractivity contribution >= 4 is 19.7 Å². The molecule has 0 heterocycles. The van der Waals surface area contributed by atoms with Crippen molar-refractivity contribution in [3.05, 3.63) is 72.9 Å². The van der Waals surface area contributed by atoms with Crippen LogP contribution in [0, 0.1) is 0 Å². The van der Waals surface area contributed by atoms with Crippen LogP contribution in [0.15, 0.2) is 72.9 Å². The zero-order valence-electron chi connectivity index (χ0n) is 49.0. The van der Waals surface area contributed by atoms with Gasteiger partial charge in [0.05, 0.1) is 33.8 Å². The Morgan fingerprint density at radius 2 is 0.824 bits per heavy atom. The first-order valence-corrected chi connectivity index (χ1v) is 32.2. The van der Waals surface area contributed by atoms with Crippen LogP contribution in [0.3, 0.4) is 0 Å². The molecule has 0 fully saturated rings. The molecule has 0 aliphatic heterocycles. The van der Waals surface area contributed by atoms with E-state index in [0.717, 1.165) is 96.3 Å². The number of esters is 1. The smallest absolute Gasteiger partial charge is 0.306 e. The second-order valence-corrected chi connectivity index (χ2v) is 23.3. The summed E-state index contributed by atoms with van der Waals surface area (Å²) in [6, 6.07) is -0.906. The average Bonchev–Trinajstić information content (AvgIpc) is 3.36. The quantitative estimate of drug-likeness (QED) is 0.0212. The van der Waals surface area contributed by atoms with E-state index >= 15 is 0 Å². The number of unbranched alkanes of at least 4 members (excludes halogenated alkanes) is 29. The molecule has 0 aliphatic rings. The maximum Gasteiger partial charge on any atom is 0.306 e. The topological polar surface area (TPSA) is 114 Å². The molecule has 430 valence electrons. The lowest BCUT2D eigenvalue weighted by molar-refractivity contribution is -0.870. The van der Waals surface area contributed by atoms with Crippen molar-refractivity contribution in [2.45, 2.75) is 283 Å². The van der Waals surface area contributed by atoms with Gasteiger partial charge in [0.25, 0.3) is 7.82 Å². The third-order valence-corrected chi connectivity index (χ3v) is 14.3. The monoisotopic (exact) mass is 1060 g/mol. The number of allylic oxidation sites excluding steroid dienone is 11. The SMILES string of the molecule is CCCCC/C=C\C/C=C\C/C=C\C/C=C\CCCCCCCC(=O)NC(COP(=O)([O-])OCC[N+](C)(C)C)C(/C=C\CCCCCCCCCCCCC)OC(=O)CCCCC/C=C\CCCCCCCCC. The Morgan fingerprint density at radius 1 is 0.473 bits per heavy atom. The van der Waals surface area contributed by atoms with Crippen LogP contribution in [0.5, 0.6) is 0 Å². The number of likely N-dealkylation sites (N-methyl/N-ethyl adjacent to an activating group) is 1. The molecule has 74 heavy (non-hydrogen) atoms. The molecule has 10 heteroatoms. The maximum absolute atomic E-state index is 13.5. The number of nitrogens with zero attached hydrogens (tertiary/aromatic N) is 1. The van der Waals surface area contributed by atoms with Crippen molar-refractivity contribution in [3.63, 3.8) is 0 Å². The van der Waals surface area contributed by atoms with Gasteiger partial charge in [-0.05, 0) is 102 Å². The van der Waals surface area contributed by atoms with Gasteiger partial charge >= 0.3 is 5.97 Å². The van der Waals surface area contributed by atoms with E-state index in [2.05, 4.69) is 86.8 Å². The van der Waals surface area contributed by atoms with Crippen molar-refractivity contribution in [1.29, 1.82) is 0 Å². The van der Waals surface area contributed by atoms with Crippen molar-refractivity contribution in [3.8, 4) is 0 Å². The number of nitrogens with one attached hydrogen (secondary N) is 1. The Labute approximate surface area is 457 Å². The van der Waals surface area contributed by atoms with Crippen LogP contribution in [0.2, 0.25) is 0 Å². The minimum Gasteiger partial charge on any atom is -0.756 e. The van der Waals surface area contributed by atoms with E-state index in [1.54, 1.807) is 0 Å². The summed E-state index contributed by atoms with van der Waals surface area (Å²) in [5.74, 6) is -0.579. The highest BCUT2D eigenvalue weighted by Gasteiger charge is 2.27. The molecule has 0 radical (unpaired) electrons. The van der Waals surface area contributed by atoms with Crippen LogP contribution in [0.25, 0.3) is 0 Å². The molecule has 3 unspecified atom stereocenters. The minimum absolute atomic E-state index is 0.0306. The number of carbonyl (C=O) groups is 2. The number of phosphoric acid groups is 1. The number of rotatable bonds is 55. The molecule has 3 atom stereocenters. The maximum atomic E-state index is 13.5. The molecule has 9 nitrogen and oxygen atoms in total. The molecule has 0 bridgehead atoms. The van der Waals surface area contributed by atoms with Crippen molar-refractivity contribution < 1.29 is 37.3 Å². The number of carbonyl (C=O) groups excluding carboxylic acids is 2. The largest absolute Gasteiger partial charge is 0.756 e. The second kappa shape index (κ2) is 53.8. The summed E-state index contributed by atoms with van der Waals surface area (Å²) in [6.45, 7) is 6.79. The molecule has 0 saturated carbocycles. The van der Waals surface area contributed by atoms with Gasteiger partial charge < -0.3 is 28.5 Å². The summed E-state index contributed by atoms with van der Waals surface area (Å²) < 4.78 is 30.3. The highest BCUT2D eigenvalue weighted by atomic mass is 31.2. The van der Waals surface area contributed by atoms with E-state index in [1.807, 2.05) is 33.3 Å². The lowest BCUT2D eigenvalue weighted by Gasteiger charge is -2.30. The lowest BCUT2D eigenvalue weighted by atomic mass is 10.0. The number of amides is 1. The molecular formula is C64H117N2O7P. The molecule has 0 aromatic rings. The van der Waals surface area contributed by atoms with Gasteiger partial charge in [-0.1, -0.05) is 229 Å². The van der Waals surface area contributed by atoms with E-state index in [4.69, 9.17) is 13.8 Å². The van der Waals surface area contributed by atoms with Crippen molar-refractivity contribution in [1.82, 2.24) is 5.32 Å². The Balaban J connectivity index is 5.34. The highest BCUT2D eigenvalue weighted by Crippen LogP contribution is 2.38. The number of hydrogen-bond acceptors (Lipinski definition) is 7. The summed E-state index contributed by atoms with van der Waals surface area (Å²) in [5.41, 5.74) is 0. The van der Waals surface area contributed by atoms with Gasteiger partial charge in [0.1, 0.15) is 19.3 Å². The molecule has 0 aliphatic carbocycles. The Bertz CT molecular complexity index is 1500. The van der Waals surface area contributed by atoms with Crippen LogP contribution >= 0.6 is 7.82 Å². The zero-order valence-corrected chi connectivity index (χ0v) is 49.9. The van der Waals surface area contributed by atoms with E-state index in [1.165, 1.54) is 128 Å². The highest BCUT2D eigenvalue weighted by molar-refractivity contribution is 7.45. The van der Waals surface area contributed by atoms with Gasteiger partial charge in [-0.15, -0.1) is 0 Å². The van der Waals surface area contributed by atoms with E-state index in [9.17, 15) is 19.0 Å². The fourth-order valence-electron chi connectivity index (χ4n) is 8.56. The lowest BCUT2D eigenvalue weighted by Crippen LogP contribution is -2.47. The van der Waals surface area contributed by atoms with Gasteiger partial charge in [-0.25, -0.2) is 0 Å². The fourth-order valence-corrected chi connectivity index (χ4v) is 9.28. The number of quaternary nitrogens is 1. The molecule has 0 aromatic carbocycles. The summed E-state index contributed by atoms with van der Waals surface area (Å²) in [7, 11) is 1.16. The predicted molar refractivity (Wildman–Crippen MR) is 316 cm³/mol. The molecule has 1 N–H and O–H groups in total. The van der Waals surface area contributed by atoms with Crippen molar-refractivity contribution in [2.24, 2.45) is 0 Å². The molecule has 0 saturated heterocycles. The summed E-state index contributed by atoms with van der Waals surface area (Å²) in [5, 5.41) is 3.01. The van der Waals surface area contributed by atoms with E-state index in [0.29, 0.717) is 30.3 Å². The van der Waals surface area contributed by atoms with Gasteiger partial charge in [0.2, 0.25) is 5.91 Å². The first kappa shape index (κ1) is 71.5.